The van der Waals surface area contributed by atoms with E-state index in [-0.39, 0.29) is 11.7 Å². The Morgan fingerprint density at radius 1 is 1.05 bits per heavy atom. The maximum Gasteiger partial charge on any atom is 0.230 e. The summed E-state index contributed by atoms with van der Waals surface area (Å²) in [5.74, 6) is -0.229. The number of hydrogen-bond donors (Lipinski definition) is 1. The van der Waals surface area contributed by atoms with Crippen LogP contribution in [0.5, 0.6) is 0 Å². The van der Waals surface area contributed by atoms with Gasteiger partial charge in [-0.2, -0.15) is 0 Å². The average molecular weight is 282 g/mol. The Morgan fingerprint density at radius 2 is 1.71 bits per heavy atom. The minimum absolute atomic E-state index is 0.120. The molecular formula is C17H15FN2O. The molecule has 21 heavy (non-hydrogen) atoms. The molecule has 0 atom stereocenters. The van der Waals surface area contributed by atoms with Crippen molar-refractivity contribution < 1.29 is 8.91 Å². The number of halogens is 1. The fourth-order valence-corrected chi connectivity index (χ4v) is 2.54. The molecule has 2 aromatic carbocycles. The maximum absolute atomic E-state index is 14.1. The summed E-state index contributed by atoms with van der Waals surface area (Å²) in [5, 5.41) is 4.02. The van der Waals surface area contributed by atoms with E-state index >= 15 is 0 Å². The minimum Gasteiger partial charge on any atom is -0.367 e. The number of benzene rings is 2. The van der Waals surface area contributed by atoms with Crippen molar-refractivity contribution in [2.45, 2.75) is 13.8 Å². The average Bonchev–Trinajstić information content (AvgIpc) is 2.80. The highest BCUT2D eigenvalue weighted by Gasteiger charge is 2.20. The molecule has 0 radical (unpaired) electrons. The van der Waals surface area contributed by atoms with Gasteiger partial charge in [-0.05, 0) is 32.0 Å². The van der Waals surface area contributed by atoms with Crippen LogP contribution in [0.25, 0.3) is 22.4 Å². The number of aryl methyl sites for hydroxylation is 2. The van der Waals surface area contributed by atoms with E-state index in [4.69, 9.17) is 10.3 Å². The van der Waals surface area contributed by atoms with E-state index in [2.05, 4.69) is 11.2 Å². The van der Waals surface area contributed by atoms with Crippen molar-refractivity contribution in [1.82, 2.24) is 5.16 Å². The number of nitrogen functional groups attached to an aromatic ring is 1. The van der Waals surface area contributed by atoms with Crippen LogP contribution in [0.2, 0.25) is 0 Å². The molecule has 0 bridgehead atoms. The highest BCUT2D eigenvalue weighted by atomic mass is 19.1. The highest BCUT2D eigenvalue weighted by Crippen LogP contribution is 2.37. The van der Waals surface area contributed by atoms with Crippen molar-refractivity contribution in [2.75, 3.05) is 5.73 Å². The number of rotatable bonds is 2. The molecule has 4 heteroatoms. The van der Waals surface area contributed by atoms with Gasteiger partial charge in [0.25, 0.3) is 0 Å². The van der Waals surface area contributed by atoms with Crippen molar-refractivity contribution in [3.05, 3.63) is 59.4 Å². The summed E-state index contributed by atoms with van der Waals surface area (Å²) < 4.78 is 19.2. The van der Waals surface area contributed by atoms with Gasteiger partial charge in [0.05, 0.1) is 5.56 Å². The Hall–Kier alpha value is -2.62. The lowest BCUT2D eigenvalue weighted by Gasteiger charge is -2.06. The fraction of sp³-hybridized carbons (Fsp3) is 0.118. The lowest BCUT2D eigenvalue weighted by Crippen LogP contribution is -1.91. The van der Waals surface area contributed by atoms with Gasteiger partial charge < -0.3 is 10.3 Å². The number of aromatic nitrogens is 1. The molecule has 3 rings (SSSR count). The highest BCUT2D eigenvalue weighted by molar-refractivity contribution is 5.87. The Morgan fingerprint density at radius 3 is 2.38 bits per heavy atom. The molecule has 0 saturated carbocycles. The summed E-state index contributed by atoms with van der Waals surface area (Å²) in [6.45, 7) is 4.01. The van der Waals surface area contributed by atoms with E-state index in [0.717, 1.165) is 16.7 Å². The van der Waals surface area contributed by atoms with Gasteiger partial charge in [0.2, 0.25) is 5.88 Å². The number of hydrogen-bond acceptors (Lipinski definition) is 3. The summed E-state index contributed by atoms with van der Waals surface area (Å²) in [6, 6.07) is 12.5. The van der Waals surface area contributed by atoms with Gasteiger partial charge in [0.1, 0.15) is 11.5 Å². The molecule has 0 fully saturated rings. The third-order valence-corrected chi connectivity index (χ3v) is 3.36. The van der Waals surface area contributed by atoms with E-state index in [1.165, 1.54) is 6.07 Å². The second kappa shape index (κ2) is 5.05. The molecule has 0 aliphatic carbocycles. The van der Waals surface area contributed by atoms with Gasteiger partial charge in [-0.15, -0.1) is 0 Å². The van der Waals surface area contributed by atoms with Crippen molar-refractivity contribution in [2.24, 2.45) is 0 Å². The van der Waals surface area contributed by atoms with Gasteiger partial charge in [0.15, 0.2) is 0 Å². The molecule has 0 spiro atoms. The van der Waals surface area contributed by atoms with Gasteiger partial charge in [-0.3, -0.25) is 0 Å². The van der Waals surface area contributed by atoms with Gasteiger partial charge in [0, 0.05) is 11.1 Å². The summed E-state index contributed by atoms with van der Waals surface area (Å²) in [4.78, 5) is 0. The Labute approximate surface area is 122 Å². The van der Waals surface area contributed by atoms with Crippen molar-refractivity contribution in [3.63, 3.8) is 0 Å². The Balaban J connectivity index is 2.24. The third-order valence-electron chi connectivity index (χ3n) is 3.36. The van der Waals surface area contributed by atoms with Crippen LogP contribution in [-0.2, 0) is 0 Å². The maximum atomic E-state index is 14.1. The summed E-state index contributed by atoms with van der Waals surface area (Å²) in [6.07, 6.45) is 0. The zero-order valence-electron chi connectivity index (χ0n) is 11.9. The van der Waals surface area contributed by atoms with Crippen LogP contribution in [0.3, 0.4) is 0 Å². The van der Waals surface area contributed by atoms with Crippen LogP contribution in [0.1, 0.15) is 11.1 Å². The van der Waals surface area contributed by atoms with Crippen LogP contribution in [0.4, 0.5) is 10.3 Å². The second-order valence-electron chi connectivity index (χ2n) is 5.13. The van der Waals surface area contributed by atoms with E-state index in [1.807, 2.05) is 26.0 Å². The molecular weight excluding hydrogens is 267 g/mol. The SMILES string of the molecule is Cc1cc(C)cc(-c2noc(N)c2-c2ccccc2F)c1. The molecule has 0 aliphatic heterocycles. The quantitative estimate of drug-likeness (QED) is 0.760. The van der Waals surface area contributed by atoms with Gasteiger partial charge >= 0.3 is 0 Å². The van der Waals surface area contributed by atoms with E-state index in [9.17, 15) is 4.39 Å². The van der Waals surface area contributed by atoms with Gasteiger partial charge in [-0.25, -0.2) is 4.39 Å². The molecule has 3 nitrogen and oxygen atoms in total. The first-order chi connectivity index (χ1) is 10.1. The lowest BCUT2D eigenvalue weighted by molar-refractivity contribution is 0.439. The molecule has 3 aromatic rings. The number of nitrogens with two attached hydrogens (primary N) is 1. The fourth-order valence-electron chi connectivity index (χ4n) is 2.54. The molecule has 106 valence electrons. The smallest absolute Gasteiger partial charge is 0.230 e. The van der Waals surface area contributed by atoms with Crippen molar-refractivity contribution in [3.8, 4) is 22.4 Å². The van der Waals surface area contributed by atoms with Gasteiger partial charge in [-0.1, -0.05) is 40.5 Å². The molecule has 0 unspecified atom stereocenters. The third kappa shape index (κ3) is 2.40. The van der Waals surface area contributed by atoms with Crippen LogP contribution >= 0.6 is 0 Å². The standard InChI is InChI=1S/C17H15FN2O/c1-10-7-11(2)9-12(8-10)16-15(17(19)21-20-16)13-5-3-4-6-14(13)18/h3-9H,19H2,1-2H3. The summed E-state index contributed by atoms with van der Waals surface area (Å²) >= 11 is 0. The first kappa shape index (κ1) is 13.4. The first-order valence-corrected chi connectivity index (χ1v) is 6.65. The lowest BCUT2D eigenvalue weighted by atomic mass is 9.98. The molecule has 0 saturated heterocycles. The van der Waals surface area contributed by atoms with E-state index in [0.29, 0.717) is 16.8 Å². The molecule has 0 amide bonds. The second-order valence-corrected chi connectivity index (χ2v) is 5.13. The minimum atomic E-state index is -0.349. The Bertz CT molecular complexity index is 788. The largest absolute Gasteiger partial charge is 0.367 e. The first-order valence-electron chi connectivity index (χ1n) is 6.65. The monoisotopic (exact) mass is 282 g/mol. The zero-order chi connectivity index (χ0) is 15.0. The van der Waals surface area contributed by atoms with Crippen molar-refractivity contribution >= 4 is 5.88 Å². The van der Waals surface area contributed by atoms with E-state index < -0.39 is 0 Å². The molecule has 1 heterocycles. The molecule has 1 aromatic heterocycles. The van der Waals surface area contributed by atoms with Crippen LogP contribution < -0.4 is 5.73 Å². The predicted molar refractivity (Wildman–Crippen MR) is 81.2 cm³/mol. The number of nitrogens with zero attached hydrogens (tertiary/aromatic N) is 1. The van der Waals surface area contributed by atoms with Crippen LogP contribution in [-0.4, -0.2) is 5.16 Å². The normalized spacial score (nSPS) is 10.8. The summed E-state index contributed by atoms with van der Waals surface area (Å²) in [7, 11) is 0. The summed E-state index contributed by atoms with van der Waals surface area (Å²) in [5.41, 5.74) is 10.4. The topological polar surface area (TPSA) is 52.0 Å². The predicted octanol–water partition coefficient (Wildman–Crippen LogP) is 4.35. The molecule has 2 N–H and O–H groups in total. The zero-order valence-corrected chi connectivity index (χ0v) is 11.9. The van der Waals surface area contributed by atoms with Crippen LogP contribution in [0, 0.1) is 19.7 Å². The Kier molecular flexibility index (Phi) is 3.22. The van der Waals surface area contributed by atoms with Crippen molar-refractivity contribution in [1.29, 1.82) is 0 Å². The van der Waals surface area contributed by atoms with Crippen LogP contribution in [0.15, 0.2) is 47.0 Å². The number of anilines is 1. The molecule has 0 aliphatic rings. The van der Waals surface area contributed by atoms with E-state index in [1.54, 1.807) is 18.2 Å².